The molecule has 1 nitrogen and oxygen atoms in total. The van der Waals surface area contributed by atoms with Crippen LogP contribution in [0.5, 0.6) is 0 Å². The molecule has 1 heteroatoms. The van der Waals surface area contributed by atoms with E-state index in [2.05, 4.69) is 27.7 Å². The lowest BCUT2D eigenvalue weighted by atomic mass is 9.80. The normalized spacial score (nSPS) is 17.8. The fourth-order valence-corrected chi connectivity index (χ4v) is 2.39. The van der Waals surface area contributed by atoms with Gasteiger partial charge in [0.05, 0.1) is 6.10 Å². The van der Waals surface area contributed by atoms with Gasteiger partial charge in [-0.3, -0.25) is 0 Å². The molecule has 3 unspecified atom stereocenters. The van der Waals surface area contributed by atoms with Crippen molar-refractivity contribution in [2.75, 3.05) is 0 Å². The van der Waals surface area contributed by atoms with E-state index in [0.717, 1.165) is 5.92 Å². The van der Waals surface area contributed by atoms with E-state index in [-0.39, 0.29) is 6.10 Å². The quantitative estimate of drug-likeness (QED) is 0.640. The second kappa shape index (κ2) is 8.15. The first-order chi connectivity index (χ1) is 7.02. The van der Waals surface area contributed by atoms with Crippen molar-refractivity contribution < 1.29 is 5.11 Å². The van der Waals surface area contributed by atoms with Crippen LogP contribution in [0, 0.1) is 17.8 Å². The molecule has 0 amide bonds. The fourth-order valence-electron chi connectivity index (χ4n) is 2.39. The van der Waals surface area contributed by atoms with Crippen molar-refractivity contribution in [3.63, 3.8) is 0 Å². The Bertz CT molecular complexity index is 132. The summed E-state index contributed by atoms with van der Waals surface area (Å²) in [4.78, 5) is 0. The standard InChI is InChI=1S/C14H30O/c1-6-8-9-13(7-2)10-14(11(3)4)12(5)15/h11-15H,6-10H2,1-5H3. The maximum Gasteiger partial charge on any atom is 0.0542 e. The molecule has 3 atom stereocenters. The van der Waals surface area contributed by atoms with Crippen LogP contribution in [0.1, 0.15) is 66.7 Å². The SMILES string of the molecule is CCCCC(CC)CC(C(C)C)C(C)O. The van der Waals surface area contributed by atoms with Crippen molar-refractivity contribution in [2.45, 2.75) is 72.8 Å². The van der Waals surface area contributed by atoms with Gasteiger partial charge >= 0.3 is 0 Å². The van der Waals surface area contributed by atoms with Crippen LogP contribution in [0.3, 0.4) is 0 Å². The van der Waals surface area contributed by atoms with E-state index in [4.69, 9.17) is 0 Å². The molecular formula is C14H30O. The van der Waals surface area contributed by atoms with Crippen LogP contribution in [0.15, 0.2) is 0 Å². The van der Waals surface area contributed by atoms with Crippen molar-refractivity contribution in [1.82, 2.24) is 0 Å². The zero-order valence-corrected chi connectivity index (χ0v) is 11.3. The summed E-state index contributed by atoms with van der Waals surface area (Å²) in [5.74, 6) is 1.89. The minimum absolute atomic E-state index is 0.152. The molecule has 1 N–H and O–H groups in total. The third-order valence-electron chi connectivity index (χ3n) is 3.62. The molecule has 0 aliphatic carbocycles. The van der Waals surface area contributed by atoms with Gasteiger partial charge in [0.15, 0.2) is 0 Å². The van der Waals surface area contributed by atoms with Gasteiger partial charge in [-0.25, -0.2) is 0 Å². The first-order valence-electron chi connectivity index (χ1n) is 6.70. The van der Waals surface area contributed by atoms with Crippen LogP contribution in [0.25, 0.3) is 0 Å². The molecule has 15 heavy (non-hydrogen) atoms. The summed E-state index contributed by atoms with van der Waals surface area (Å²) in [7, 11) is 0. The zero-order valence-electron chi connectivity index (χ0n) is 11.3. The van der Waals surface area contributed by atoms with Gasteiger partial charge < -0.3 is 5.11 Å². The Labute approximate surface area is 96.3 Å². The van der Waals surface area contributed by atoms with Gasteiger partial charge in [-0.05, 0) is 31.1 Å². The van der Waals surface area contributed by atoms with E-state index in [1.807, 2.05) is 6.92 Å². The average Bonchev–Trinajstić information content (AvgIpc) is 2.17. The van der Waals surface area contributed by atoms with Crippen molar-refractivity contribution in [2.24, 2.45) is 17.8 Å². The second-order valence-corrected chi connectivity index (χ2v) is 5.30. The lowest BCUT2D eigenvalue weighted by molar-refractivity contribution is 0.0780. The highest BCUT2D eigenvalue weighted by Crippen LogP contribution is 2.28. The molecule has 0 aromatic carbocycles. The molecule has 0 saturated heterocycles. The molecule has 0 heterocycles. The number of hydrogen-bond donors (Lipinski definition) is 1. The molecule has 0 aromatic heterocycles. The summed E-state index contributed by atoms with van der Waals surface area (Å²) in [6.07, 6.45) is 6.27. The van der Waals surface area contributed by atoms with Crippen molar-refractivity contribution in [1.29, 1.82) is 0 Å². The first kappa shape index (κ1) is 15.0. The van der Waals surface area contributed by atoms with E-state index < -0.39 is 0 Å². The van der Waals surface area contributed by atoms with Gasteiger partial charge in [0.1, 0.15) is 0 Å². The van der Waals surface area contributed by atoms with Gasteiger partial charge in [-0.1, -0.05) is 53.4 Å². The van der Waals surface area contributed by atoms with Crippen LogP contribution in [-0.2, 0) is 0 Å². The monoisotopic (exact) mass is 214 g/mol. The van der Waals surface area contributed by atoms with Gasteiger partial charge in [0.2, 0.25) is 0 Å². The molecule has 0 spiro atoms. The van der Waals surface area contributed by atoms with E-state index >= 15 is 0 Å². The highest BCUT2D eigenvalue weighted by atomic mass is 16.3. The van der Waals surface area contributed by atoms with Gasteiger partial charge in [0.25, 0.3) is 0 Å². The first-order valence-corrected chi connectivity index (χ1v) is 6.70. The minimum atomic E-state index is -0.152. The molecule has 0 fully saturated rings. The summed E-state index contributed by atoms with van der Waals surface area (Å²) < 4.78 is 0. The lowest BCUT2D eigenvalue weighted by Gasteiger charge is -2.28. The van der Waals surface area contributed by atoms with Crippen molar-refractivity contribution in [3.05, 3.63) is 0 Å². The number of hydrogen-bond acceptors (Lipinski definition) is 1. The van der Waals surface area contributed by atoms with Gasteiger partial charge in [-0.15, -0.1) is 0 Å². The summed E-state index contributed by atoms with van der Waals surface area (Å²) in [5.41, 5.74) is 0. The third kappa shape index (κ3) is 6.19. The maximum atomic E-state index is 9.75. The van der Waals surface area contributed by atoms with Gasteiger partial charge in [0, 0.05) is 0 Å². The highest BCUT2D eigenvalue weighted by molar-refractivity contribution is 4.72. The molecule has 92 valence electrons. The summed E-state index contributed by atoms with van der Waals surface area (Å²) in [6.45, 7) is 10.9. The Hall–Kier alpha value is -0.0400. The number of rotatable bonds is 8. The molecular weight excluding hydrogens is 184 g/mol. The summed E-state index contributed by atoms with van der Waals surface area (Å²) in [6, 6.07) is 0. The molecule has 0 aliphatic rings. The third-order valence-corrected chi connectivity index (χ3v) is 3.62. The smallest absolute Gasteiger partial charge is 0.0542 e. The number of aliphatic hydroxyl groups is 1. The summed E-state index contributed by atoms with van der Waals surface area (Å²) >= 11 is 0. The predicted octanol–water partition coefficient (Wildman–Crippen LogP) is 4.25. The zero-order chi connectivity index (χ0) is 11.8. The van der Waals surface area contributed by atoms with E-state index in [1.165, 1.54) is 32.1 Å². The Kier molecular flexibility index (Phi) is 8.13. The Balaban J connectivity index is 4.10. The highest BCUT2D eigenvalue weighted by Gasteiger charge is 2.22. The molecule has 0 rings (SSSR count). The maximum absolute atomic E-state index is 9.75. The van der Waals surface area contributed by atoms with E-state index in [0.29, 0.717) is 11.8 Å². The van der Waals surface area contributed by atoms with Crippen molar-refractivity contribution in [3.8, 4) is 0 Å². The van der Waals surface area contributed by atoms with Gasteiger partial charge in [-0.2, -0.15) is 0 Å². The molecule has 0 aromatic rings. The molecule has 0 saturated carbocycles. The molecule has 0 aliphatic heterocycles. The summed E-state index contributed by atoms with van der Waals surface area (Å²) in [5, 5.41) is 9.75. The van der Waals surface area contributed by atoms with Crippen LogP contribution in [0.2, 0.25) is 0 Å². The van der Waals surface area contributed by atoms with E-state index in [1.54, 1.807) is 0 Å². The van der Waals surface area contributed by atoms with Crippen LogP contribution in [0.4, 0.5) is 0 Å². The molecule has 0 radical (unpaired) electrons. The lowest BCUT2D eigenvalue weighted by Crippen LogP contribution is -2.25. The number of unbranched alkanes of at least 4 members (excludes halogenated alkanes) is 1. The minimum Gasteiger partial charge on any atom is -0.393 e. The van der Waals surface area contributed by atoms with Crippen LogP contribution >= 0.6 is 0 Å². The Morgan fingerprint density at radius 1 is 1.07 bits per heavy atom. The topological polar surface area (TPSA) is 20.2 Å². The average molecular weight is 214 g/mol. The largest absolute Gasteiger partial charge is 0.393 e. The van der Waals surface area contributed by atoms with Crippen LogP contribution < -0.4 is 0 Å². The van der Waals surface area contributed by atoms with Crippen molar-refractivity contribution >= 4 is 0 Å². The Morgan fingerprint density at radius 3 is 2.00 bits per heavy atom. The van der Waals surface area contributed by atoms with E-state index in [9.17, 15) is 5.11 Å². The number of aliphatic hydroxyl groups excluding tert-OH is 1. The molecule has 0 bridgehead atoms. The van der Waals surface area contributed by atoms with Crippen LogP contribution in [-0.4, -0.2) is 11.2 Å². The predicted molar refractivity (Wildman–Crippen MR) is 67.9 cm³/mol. The Morgan fingerprint density at radius 2 is 1.67 bits per heavy atom. The second-order valence-electron chi connectivity index (χ2n) is 5.30. The fraction of sp³-hybridized carbons (Fsp3) is 1.00.